The summed E-state index contributed by atoms with van der Waals surface area (Å²) < 4.78 is 0.697. The first-order chi connectivity index (χ1) is 9.51. The largest absolute Gasteiger partial charge is 0.351 e. The van der Waals surface area contributed by atoms with E-state index in [-0.39, 0.29) is 5.91 Å². The molecule has 0 unspecified atom stereocenters. The van der Waals surface area contributed by atoms with E-state index in [0.29, 0.717) is 21.5 Å². The summed E-state index contributed by atoms with van der Waals surface area (Å²) in [6.45, 7) is 5.33. The van der Waals surface area contributed by atoms with Crippen LogP contribution in [0.3, 0.4) is 0 Å². The van der Waals surface area contributed by atoms with Gasteiger partial charge in [-0.05, 0) is 58.7 Å². The van der Waals surface area contributed by atoms with E-state index in [4.69, 9.17) is 0 Å². The summed E-state index contributed by atoms with van der Waals surface area (Å²) in [4.78, 5) is 16.3. The normalized spacial score (nSPS) is 17.4. The molecule has 3 nitrogen and oxygen atoms in total. The van der Waals surface area contributed by atoms with Gasteiger partial charge in [-0.2, -0.15) is 0 Å². The van der Waals surface area contributed by atoms with Gasteiger partial charge in [0.15, 0.2) is 0 Å². The molecular weight excluding hydrogens is 316 g/mol. The Bertz CT molecular complexity index is 467. The Balaban J connectivity index is 1.97. The summed E-state index contributed by atoms with van der Waals surface area (Å²) in [7, 11) is 0. The average molecular weight is 339 g/mol. The molecule has 0 atom stereocenters. The number of pyridine rings is 1. The number of amides is 1. The van der Waals surface area contributed by atoms with Crippen molar-refractivity contribution in [3.05, 3.63) is 28.5 Å². The molecule has 2 rings (SSSR count). The molecule has 1 heterocycles. The van der Waals surface area contributed by atoms with Crippen LogP contribution in [0.15, 0.2) is 22.9 Å². The second-order valence-corrected chi connectivity index (χ2v) is 7.17. The molecule has 1 fully saturated rings. The van der Waals surface area contributed by atoms with Gasteiger partial charge in [-0.3, -0.25) is 4.79 Å². The van der Waals surface area contributed by atoms with Gasteiger partial charge < -0.3 is 5.32 Å². The van der Waals surface area contributed by atoms with Crippen LogP contribution in [0, 0.1) is 11.3 Å². The number of halogens is 1. The minimum atomic E-state index is 0.00290. The molecule has 1 N–H and O–H groups in total. The molecule has 1 amide bonds. The maximum atomic E-state index is 12.2. The van der Waals surface area contributed by atoms with Crippen LogP contribution in [0.1, 0.15) is 56.3 Å². The molecule has 1 aromatic rings. The van der Waals surface area contributed by atoms with Crippen molar-refractivity contribution < 1.29 is 4.79 Å². The van der Waals surface area contributed by atoms with E-state index in [0.717, 1.165) is 6.54 Å². The summed E-state index contributed by atoms with van der Waals surface area (Å²) in [5.74, 6) is 0.684. The Morgan fingerprint density at radius 3 is 2.75 bits per heavy atom. The summed E-state index contributed by atoms with van der Waals surface area (Å²) in [5.41, 5.74) is 0.984. The number of carbonyl (C=O) groups excluding carboxylic acids is 1. The molecule has 1 saturated carbocycles. The lowest BCUT2D eigenvalue weighted by Gasteiger charge is -2.31. The van der Waals surface area contributed by atoms with E-state index in [2.05, 4.69) is 40.1 Å². The van der Waals surface area contributed by atoms with Crippen molar-refractivity contribution in [1.29, 1.82) is 0 Å². The number of aromatic nitrogens is 1. The van der Waals surface area contributed by atoms with Crippen molar-refractivity contribution in [2.45, 2.75) is 46.0 Å². The van der Waals surface area contributed by atoms with Crippen LogP contribution in [-0.4, -0.2) is 17.4 Å². The van der Waals surface area contributed by atoms with Crippen molar-refractivity contribution in [2.75, 3.05) is 6.54 Å². The van der Waals surface area contributed by atoms with Crippen LogP contribution in [-0.2, 0) is 0 Å². The summed E-state index contributed by atoms with van der Waals surface area (Å²) in [6.07, 6.45) is 7.93. The highest BCUT2D eigenvalue weighted by Gasteiger charge is 2.34. The number of rotatable bonds is 5. The van der Waals surface area contributed by atoms with Gasteiger partial charge in [0.25, 0.3) is 5.91 Å². The van der Waals surface area contributed by atoms with E-state index < -0.39 is 0 Å². The molecule has 0 saturated heterocycles. The Morgan fingerprint density at radius 2 is 2.15 bits per heavy atom. The van der Waals surface area contributed by atoms with Gasteiger partial charge >= 0.3 is 0 Å². The van der Waals surface area contributed by atoms with Crippen molar-refractivity contribution in [2.24, 2.45) is 11.3 Å². The van der Waals surface area contributed by atoms with E-state index in [1.54, 1.807) is 18.3 Å². The summed E-state index contributed by atoms with van der Waals surface area (Å²) >= 11 is 3.30. The number of carbonyl (C=O) groups is 1. The molecule has 0 aromatic carbocycles. The molecule has 4 heteroatoms. The molecule has 0 spiro atoms. The number of nitrogens with zero attached hydrogens (tertiary/aromatic N) is 1. The van der Waals surface area contributed by atoms with Crippen LogP contribution in [0.2, 0.25) is 0 Å². The fourth-order valence-corrected chi connectivity index (χ4v) is 3.72. The van der Waals surface area contributed by atoms with Gasteiger partial charge in [0.1, 0.15) is 4.60 Å². The van der Waals surface area contributed by atoms with Gasteiger partial charge in [0, 0.05) is 18.3 Å². The third-order valence-corrected chi connectivity index (χ3v) is 4.55. The molecule has 20 heavy (non-hydrogen) atoms. The Morgan fingerprint density at radius 1 is 1.45 bits per heavy atom. The highest BCUT2D eigenvalue weighted by molar-refractivity contribution is 9.10. The third kappa shape index (κ3) is 4.05. The second kappa shape index (κ2) is 6.70. The lowest BCUT2D eigenvalue weighted by molar-refractivity contribution is 0.0921. The lowest BCUT2D eigenvalue weighted by Crippen LogP contribution is -2.36. The van der Waals surface area contributed by atoms with Crippen LogP contribution in [0.25, 0.3) is 0 Å². The quantitative estimate of drug-likeness (QED) is 0.818. The number of hydrogen-bond donors (Lipinski definition) is 1. The average Bonchev–Trinajstić information content (AvgIpc) is 2.84. The molecule has 0 aliphatic heterocycles. The standard InChI is InChI=1S/C16H23BrN2O/c1-12(2)10-16(6-3-4-7-16)11-19-15(20)13-5-8-18-14(17)9-13/h5,8-9,12H,3-4,6-7,10-11H2,1-2H3,(H,19,20). The first-order valence-corrected chi connectivity index (χ1v) is 8.20. The smallest absolute Gasteiger partial charge is 0.251 e. The topological polar surface area (TPSA) is 42.0 Å². The van der Waals surface area contributed by atoms with Gasteiger partial charge in [-0.15, -0.1) is 0 Å². The molecule has 1 aliphatic rings. The van der Waals surface area contributed by atoms with Crippen molar-refractivity contribution in [3.63, 3.8) is 0 Å². The maximum absolute atomic E-state index is 12.2. The fraction of sp³-hybridized carbons (Fsp3) is 0.625. The van der Waals surface area contributed by atoms with Gasteiger partial charge in [-0.1, -0.05) is 26.7 Å². The van der Waals surface area contributed by atoms with Crippen molar-refractivity contribution >= 4 is 21.8 Å². The van der Waals surface area contributed by atoms with Crippen molar-refractivity contribution in [1.82, 2.24) is 10.3 Å². The van der Waals surface area contributed by atoms with Gasteiger partial charge in [-0.25, -0.2) is 4.98 Å². The minimum Gasteiger partial charge on any atom is -0.351 e. The highest BCUT2D eigenvalue weighted by Crippen LogP contribution is 2.42. The maximum Gasteiger partial charge on any atom is 0.251 e. The van der Waals surface area contributed by atoms with E-state index in [1.165, 1.54) is 32.1 Å². The molecule has 0 bridgehead atoms. The van der Waals surface area contributed by atoms with Crippen LogP contribution in [0.5, 0.6) is 0 Å². The van der Waals surface area contributed by atoms with E-state index >= 15 is 0 Å². The highest BCUT2D eigenvalue weighted by atomic mass is 79.9. The van der Waals surface area contributed by atoms with Gasteiger partial charge in [0.2, 0.25) is 0 Å². The fourth-order valence-electron chi connectivity index (χ4n) is 3.36. The molecular formula is C16H23BrN2O. The lowest BCUT2D eigenvalue weighted by atomic mass is 9.78. The zero-order chi connectivity index (χ0) is 14.6. The predicted molar refractivity (Wildman–Crippen MR) is 84.6 cm³/mol. The first-order valence-electron chi connectivity index (χ1n) is 7.40. The third-order valence-electron chi connectivity index (χ3n) is 4.12. The molecule has 0 radical (unpaired) electrons. The Labute approximate surface area is 129 Å². The van der Waals surface area contributed by atoms with E-state index in [1.807, 2.05) is 0 Å². The van der Waals surface area contributed by atoms with Crippen LogP contribution < -0.4 is 5.32 Å². The molecule has 1 aromatic heterocycles. The Kier molecular flexibility index (Phi) is 5.19. The van der Waals surface area contributed by atoms with Gasteiger partial charge in [0.05, 0.1) is 0 Å². The minimum absolute atomic E-state index is 0.00290. The zero-order valence-corrected chi connectivity index (χ0v) is 13.9. The predicted octanol–water partition coefficient (Wildman–Crippen LogP) is 4.18. The summed E-state index contributed by atoms with van der Waals surface area (Å²) in [5, 5.41) is 3.13. The second-order valence-electron chi connectivity index (χ2n) is 6.35. The molecule has 110 valence electrons. The molecule has 1 aliphatic carbocycles. The number of hydrogen-bond acceptors (Lipinski definition) is 2. The summed E-state index contributed by atoms with van der Waals surface area (Å²) in [6, 6.07) is 3.52. The van der Waals surface area contributed by atoms with Crippen LogP contribution >= 0.6 is 15.9 Å². The Hall–Kier alpha value is -0.900. The number of nitrogens with one attached hydrogen (secondary N) is 1. The van der Waals surface area contributed by atoms with Crippen molar-refractivity contribution in [3.8, 4) is 0 Å². The monoisotopic (exact) mass is 338 g/mol. The first kappa shape index (κ1) is 15.5. The zero-order valence-electron chi connectivity index (χ0n) is 12.3. The van der Waals surface area contributed by atoms with E-state index in [9.17, 15) is 4.79 Å². The van der Waals surface area contributed by atoms with Crippen LogP contribution in [0.4, 0.5) is 0 Å². The SMILES string of the molecule is CC(C)CC1(CNC(=O)c2ccnc(Br)c2)CCCC1.